The monoisotopic (exact) mass is 366 g/mol. The van der Waals surface area contributed by atoms with E-state index in [9.17, 15) is 5.26 Å². The average Bonchev–Trinajstić information content (AvgIpc) is 3.14. The van der Waals surface area contributed by atoms with E-state index in [-0.39, 0.29) is 6.04 Å². The number of nitriles is 1. The van der Waals surface area contributed by atoms with Gasteiger partial charge in [-0.2, -0.15) is 5.26 Å². The Morgan fingerprint density at radius 1 is 1.33 bits per heavy atom. The van der Waals surface area contributed by atoms with Crippen molar-refractivity contribution in [2.45, 2.75) is 30.5 Å². The van der Waals surface area contributed by atoms with Crippen molar-refractivity contribution in [3.63, 3.8) is 0 Å². The third-order valence-electron chi connectivity index (χ3n) is 5.77. The van der Waals surface area contributed by atoms with E-state index < -0.39 is 5.60 Å². The molecule has 0 aliphatic carbocycles. The normalized spacial score (nSPS) is 25.9. The van der Waals surface area contributed by atoms with Crippen LogP contribution < -0.4 is 10.6 Å². The van der Waals surface area contributed by atoms with Crippen LogP contribution in [0.4, 0.5) is 0 Å². The van der Waals surface area contributed by atoms with Gasteiger partial charge >= 0.3 is 0 Å². The zero-order valence-electron chi connectivity index (χ0n) is 15.7. The predicted octanol–water partition coefficient (Wildman–Crippen LogP) is 1.02. The van der Waals surface area contributed by atoms with Crippen LogP contribution in [0.25, 0.3) is 10.9 Å². The molecule has 7 nitrogen and oxygen atoms in total. The van der Waals surface area contributed by atoms with Crippen LogP contribution in [0.15, 0.2) is 30.6 Å². The highest BCUT2D eigenvalue weighted by atomic mass is 16.5. The van der Waals surface area contributed by atoms with Gasteiger partial charge in [0.25, 0.3) is 0 Å². The molecule has 0 radical (unpaired) electrons. The number of likely N-dealkylation sites (N-methyl/N-ethyl adjacent to an activating group) is 1. The Bertz CT molecular complexity index is 825. The van der Waals surface area contributed by atoms with Crippen molar-refractivity contribution in [3.05, 3.63) is 36.3 Å². The number of hydrogen-bond acceptors (Lipinski definition) is 7. The Kier molecular flexibility index (Phi) is 5.32. The summed E-state index contributed by atoms with van der Waals surface area (Å²) in [6, 6.07) is 10.5. The quantitative estimate of drug-likeness (QED) is 0.817. The van der Waals surface area contributed by atoms with Crippen LogP contribution in [-0.2, 0) is 10.3 Å². The van der Waals surface area contributed by atoms with Crippen molar-refractivity contribution < 1.29 is 4.74 Å². The lowest BCUT2D eigenvalue weighted by molar-refractivity contribution is -0.0559. The van der Waals surface area contributed by atoms with Crippen LogP contribution >= 0.6 is 0 Å². The van der Waals surface area contributed by atoms with Gasteiger partial charge in [0.15, 0.2) is 0 Å². The van der Waals surface area contributed by atoms with Crippen molar-refractivity contribution in [2.24, 2.45) is 0 Å². The van der Waals surface area contributed by atoms with Crippen LogP contribution in [0, 0.1) is 11.3 Å². The molecule has 1 aromatic heterocycles. The molecule has 2 saturated heterocycles. The van der Waals surface area contributed by atoms with Crippen LogP contribution in [0.2, 0.25) is 0 Å². The number of hydrogen-bond donors (Lipinski definition) is 2. The topological polar surface area (TPSA) is 86.1 Å². The molecule has 142 valence electrons. The molecule has 2 aliphatic rings. The van der Waals surface area contributed by atoms with Gasteiger partial charge in [0.05, 0.1) is 23.9 Å². The summed E-state index contributed by atoms with van der Waals surface area (Å²) in [7, 11) is 2.12. The molecule has 0 spiro atoms. The first-order chi connectivity index (χ1) is 13.2. The number of rotatable bonds is 5. The second-order valence-electron chi connectivity index (χ2n) is 7.39. The first-order valence-corrected chi connectivity index (χ1v) is 9.64. The summed E-state index contributed by atoms with van der Waals surface area (Å²) in [6.07, 6.45) is 3.80. The van der Waals surface area contributed by atoms with Crippen molar-refractivity contribution in [2.75, 3.05) is 39.8 Å². The summed E-state index contributed by atoms with van der Waals surface area (Å²) in [4.78, 5) is 11.2. The number of piperazine rings is 1. The van der Waals surface area contributed by atoms with Gasteiger partial charge in [-0.25, -0.2) is 9.97 Å². The number of fused-ring (bicyclic) bond motifs is 1. The lowest BCUT2D eigenvalue weighted by Crippen LogP contribution is -2.60. The first-order valence-electron chi connectivity index (χ1n) is 9.64. The molecule has 0 saturated carbocycles. The van der Waals surface area contributed by atoms with Gasteiger partial charge in [0, 0.05) is 31.1 Å². The molecule has 2 aromatic rings. The SMILES string of the molecule is CN1CCC[C@H]1COC(C#N)(c1ncnc2ccccc12)C1CNCCN1. The first kappa shape index (κ1) is 18.3. The average molecular weight is 366 g/mol. The van der Waals surface area contributed by atoms with Gasteiger partial charge < -0.3 is 20.3 Å². The second kappa shape index (κ2) is 7.87. The maximum atomic E-state index is 10.4. The Morgan fingerprint density at radius 2 is 2.22 bits per heavy atom. The van der Waals surface area contributed by atoms with E-state index in [1.54, 1.807) is 0 Å². The van der Waals surface area contributed by atoms with E-state index in [1.807, 2.05) is 24.3 Å². The number of nitrogens with zero attached hydrogens (tertiary/aromatic N) is 4. The predicted molar refractivity (Wildman–Crippen MR) is 103 cm³/mol. The standard InChI is InChI=1S/C20H26N6O/c1-26-10-4-5-15(26)12-27-20(13-21,18-11-22-8-9-23-18)19-16-6-2-3-7-17(16)24-14-25-19/h2-3,6-7,14-15,18,22-23H,4-5,8-12H2,1H3/t15-,18?,20?/m0/s1. The van der Waals surface area contributed by atoms with E-state index in [1.165, 1.54) is 12.7 Å². The van der Waals surface area contributed by atoms with Crippen molar-refractivity contribution >= 4 is 10.9 Å². The lowest BCUT2D eigenvalue weighted by atomic mass is 9.87. The number of likely N-dealkylation sites (tertiary alicyclic amines) is 1. The van der Waals surface area contributed by atoms with E-state index >= 15 is 0 Å². The molecule has 2 N–H and O–H groups in total. The van der Waals surface area contributed by atoms with Crippen LogP contribution in [0.3, 0.4) is 0 Å². The van der Waals surface area contributed by atoms with E-state index in [0.717, 1.165) is 37.0 Å². The maximum absolute atomic E-state index is 10.4. The highest BCUT2D eigenvalue weighted by Crippen LogP contribution is 2.34. The van der Waals surface area contributed by atoms with Crippen molar-refractivity contribution in [1.82, 2.24) is 25.5 Å². The van der Waals surface area contributed by atoms with Crippen LogP contribution in [0.5, 0.6) is 0 Å². The van der Waals surface area contributed by atoms with Gasteiger partial charge in [-0.3, -0.25) is 0 Å². The fourth-order valence-electron chi connectivity index (χ4n) is 4.16. The fourth-order valence-corrected chi connectivity index (χ4v) is 4.16. The van der Waals surface area contributed by atoms with E-state index in [2.05, 4.69) is 38.6 Å². The Balaban J connectivity index is 1.75. The zero-order valence-corrected chi connectivity index (χ0v) is 15.7. The minimum Gasteiger partial charge on any atom is -0.351 e. The summed E-state index contributed by atoms with van der Waals surface area (Å²) in [5, 5.41) is 18.1. The van der Waals surface area contributed by atoms with Gasteiger partial charge in [-0.05, 0) is 32.5 Å². The minimum absolute atomic E-state index is 0.179. The number of benzene rings is 1. The highest BCUT2D eigenvalue weighted by Gasteiger charge is 2.46. The molecular formula is C20H26N6O. The summed E-state index contributed by atoms with van der Waals surface area (Å²) in [5.41, 5.74) is 0.310. The minimum atomic E-state index is -1.17. The molecule has 7 heteroatoms. The lowest BCUT2D eigenvalue weighted by Gasteiger charge is -2.39. The number of ether oxygens (including phenoxy) is 1. The van der Waals surface area contributed by atoms with Gasteiger partial charge in [-0.15, -0.1) is 0 Å². The number of aromatic nitrogens is 2. The van der Waals surface area contributed by atoms with Crippen LogP contribution in [-0.4, -0.2) is 66.8 Å². The molecule has 2 fully saturated rings. The van der Waals surface area contributed by atoms with Crippen molar-refractivity contribution in [1.29, 1.82) is 5.26 Å². The zero-order chi connectivity index (χ0) is 18.7. The third-order valence-corrected chi connectivity index (χ3v) is 5.77. The smallest absolute Gasteiger partial charge is 0.213 e. The fraction of sp³-hybridized carbons (Fsp3) is 0.550. The Hall–Kier alpha value is -2.11. The van der Waals surface area contributed by atoms with E-state index in [0.29, 0.717) is 24.9 Å². The molecule has 2 unspecified atom stereocenters. The molecule has 4 rings (SSSR count). The Labute approximate surface area is 159 Å². The number of para-hydroxylation sites is 1. The third kappa shape index (κ3) is 3.42. The summed E-state index contributed by atoms with van der Waals surface area (Å²) in [5.74, 6) is 0. The molecule has 27 heavy (non-hydrogen) atoms. The van der Waals surface area contributed by atoms with Crippen LogP contribution in [0.1, 0.15) is 18.5 Å². The largest absolute Gasteiger partial charge is 0.351 e. The Morgan fingerprint density at radius 3 is 2.96 bits per heavy atom. The van der Waals surface area contributed by atoms with Gasteiger partial charge in [-0.1, -0.05) is 18.2 Å². The molecule has 0 bridgehead atoms. The second-order valence-corrected chi connectivity index (χ2v) is 7.39. The van der Waals surface area contributed by atoms with Crippen molar-refractivity contribution in [3.8, 4) is 6.07 Å². The van der Waals surface area contributed by atoms with E-state index in [4.69, 9.17) is 4.74 Å². The summed E-state index contributed by atoms with van der Waals surface area (Å²) in [6.45, 7) is 3.93. The molecule has 1 aromatic carbocycles. The number of nitrogens with one attached hydrogen (secondary N) is 2. The molecule has 0 amide bonds. The molecule has 3 atom stereocenters. The summed E-state index contributed by atoms with van der Waals surface area (Å²) >= 11 is 0. The molecule has 2 aliphatic heterocycles. The molecular weight excluding hydrogens is 340 g/mol. The maximum Gasteiger partial charge on any atom is 0.213 e. The van der Waals surface area contributed by atoms with Gasteiger partial charge in [0.1, 0.15) is 12.4 Å². The molecule has 3 heterocycles. The van der Waals surface area contributed by atoms with Gasteiger partial charge in [0.2, 0.25) is 5.60 Å². The summed E-state index contributed by atoms with van der Waals surface area (Å²) < 4.78 is 6.47. The highest BCUT2D eigenvalue weighted by molar-refractivity contribution is 5.82.